The van der Waals surface area contributed by atoms with Crippen LogP contribution in [0.1, 0.15) is 36.5 Å². The number of rotatable bonds is 11. The third kappa shape index (κ3) is 5.96. The van der Waals surface area contributed by atoms with E-state index in [-0.39, 0.29) is 43.8 Å². The number of amides is 3. The first kappa shape index (κ1) is 32.9. The van der Waals surface area contributed by atoms with E-state index in [4.69, 9.17) is 9.47 Å². The third-order valence-electron chi connectivity index (χ3n) is 9.90. The molecule has 4 atom stereocenters. The smallest absolute Gasteiger partial charge is 0.264 e. The van der Waals surface area contributed by atoms with Crippen LogP contribution in [0.15, 0.2) is 72.8 Å². The zero-order valence-corrected chi connectivity index (χ0v) is 28.3. The first-order chi connectivity index (χ1) is 22.5. The van der Waals surface area contributed by atoms with Gasteiger partial charge in [-0.25, -0.2) is 0 Å². The number of aliphatic hydroxyl groups is 1. The van der Waals surface area contributed by atoms with Crippen LogP contribution in [-0.4, -0.2) is 69.0 Å². The molecule has 1 N–H and O–H groups in total. The van der Waals surface area contributed by atoms with Gasteiger partial charge >= 0.3 is 0 Å². The van der Waals surface area contributed by atoms with E-state index in [0.29, 0.717) is 36.5 Å². The van der Waals surface area contributed by atoms with Gasteiger partial charge in [0.05, 0.1) is 38.5 Å². The highest BCUT2D eigenvalue weighted by molar-refractivity contribution is 6.72. The number of anilines is 2. The number of methoxy groups -OCH3 is 1. The summed E-state index contributed by atoms with van der Waals surface area (Å²) < 4.78 is 28.7. The Kier molecular flexibility index (Phi) is 8.99. The fraction of sp³-hybridized carbons (Fsp3) is 0.417. The van der Waals surface area contributed by atoms with Crippen LogP contribution in [0.3, 0.4) is 0 Å². The quantitative estimate of drug-likeness (QED) is 0.173. The summed E-state index contributed by atoms with van der Waals surface area (Å²) in [5.41, 5.74) is 1.58. The number of carbonyl (C=O) groups excluding carboxylic acids is 3. The maximum Gasteiger partial charge on any atom is 0.264 e. The van der Waals surface area contributed by atoms with Gasteiger partial charge in [0.25, 0.3) is 5.91 Å². The van der Waals surface area contributed by atoms with E-state index >= 15 is 4.11 Å². The van der Waals surface area contributed by atoms with Gasteiger partial charge < -0.3 is 33.4 Å². The molecule has 3 aliphatic heterocycles. The highest BCUT2D eigenvalue weighted by Crippen LogP contribution is 2.60. The Hall–Kier alpha value is -4.06. The van der Waals surface area contributed by atoms with Crippen molar-refractivity contribution in [2.75, 3.05) is 36.6 Å². The number of carbonyl (C=O) groups is 3. The van der Waals surface area contributed by atoms with Crippen molar-refractivity contribution in [3.63, 3.8) is 0 Å². The lowest BCUT2D eigenvalue weighted by Crippen LogP contribution is -2.45. The Labute approximate surface area is 276 Å². The normalized spacial score (nSPS) is 23.7. The number of aliphatic hydroxyl groups excluding tert-OH is 1. The Bertz CT molecular complexity index is 1670. The maximum atomic E-state index is 16.4. The summed E-state index contributed by atoms with van der Waals surface area (Å²) in [6, 6.07) is 22.5. The number of ether oxygens (including phenoxy) is 2. The van der Waals surface area contributed by atoms with E-state index in [1.807, 2.05) is 67.6 Å². The summed E-state index contributed by atoms with van der Waals surface area (Å²) >= 11 is 0. The lowest BCUT2D eigenvalue weighted by atomic mass is 9.82. The molecule has 2 fully saturated rings. The van der Waals surface area contributed by atoms with Gasteiger partial charge in [-0.1, -0.05) is 49.4 Å². The lowest BCUT2D eigenvalue weighted by Gasteiger charge is -2.32. The largest absolute Gasteiger partial charge is 0.497 e. The van der Waals surface area contributed by atoms with Gasteiger partial charge in [-0.3, -0.25) is 14.4 Å². The molecule has 47 heavy (non-hydrogen) atoms. The molecule has 0 aromatic heterocycles. The van der Waals surface area contributed by atoms with Crippen molar-refractivity contribution >= 4 is 37.5 Å². The number of hydrogen-bond acceptors (Lipinski definition) is 6. The molecule has 0 radical (unpaired) electrons. The summed E-state index contributed by atoms with van der Waals surface area (Å²) in [5.74, 6) is -0.563. The van der Waals surface area contributed by atoms with Crippen molar-refractivity contribution in [2.45, 2.75) is 63.2 Å². The third-order valence-corrected chi connectivity index (χ3v) is 12.4. The Morgan fingerprint density at radius 1 is 1.09 bits per heavy atom. The predicted molar refractivity (Wildman–Crippen MR) is 179 cm³/mol. The van der Waals surface area contributed by atoms with Crippen molar-refractivity contribution in [3.05, 3.63) is 89.5 Å². The number of halogens is 1. The summed E-state index contributed by atoms with van der Waals surface area (Å²) in [6.45, 7) is 6.16. The molecule has 1 spiro atoms. The highest BCUT2D eigenvalue weighted by Gasteiger charge is 2.67. The van der Waals surface area contributed by atoms with Crippen molar-refractivity contribution in [3.8, 4) is 5.75 Å². The molecule has 248 valence electrons. The van der Waals surface area contributed by atoms with E-state index in [1.54, 1.807) is 47.0 Å². The summed E-state index contributed by atoms with van der Waals surface area (Å²) in [7, 11) is -1.97. The van der Waals surface area contributed by atoms with Crippen molar-refractivity contribution < 1.29 is 33.1 Å². The summed E-state index contributed by atoms with van der Waals surface area (Å²) in [4.78, 5) is 45.7. The van der Waals surface area contributed by atoms with Gasteiger partial charge in [-0.05, 0) is 54.6 Å². The van der Waals surface area contributed by atoms with Crippen LogP contribution in [-0.2, 0) is 37.8 Å². The first-order valence-electron chi connectivity index (χ1n) is 16.2. The predicted octanol–water partition coefficient (Wildman–Crippen LogP) is 5.16. The topological polar surface area (TPSA) is 99.6 Å². The summed E-state index contributed by atoms with van der Waals surface area (Å²) in [5, 5.41) is 9.78. The van der Waals surface area contributed by atoms with Gasteiger partial charge in [0.2, 0.25) is 20.2 Å². The molecular formula is C36H42FN3O6Si. The van der Waals surface area contributed by atoms with E-state index in [0.717, 1.165) is 16.8 Å². The fourth-order valence-electron chi connectivity index (χ4n) is 7.62. The average Bonchev–Trinajstić information content (AvgIpc) is 3.46. The van der Waals surface area contributed by atoms with E-state index in [2.05, 4.69) is 0 Å². The van der Waals surface area contributed by atoms with Gasteiger partial charge in [0.1, 0.15) is 5.75 Å². The van der Waals surface area contributed by atoms with Crippen LogP contribution in [0.2, 0.25) is 18.6 Å². The second kappa shape index (κ2) is 12.9. The van der Waals surface area contributed by atoms with Crippen LogP contribution in [0.4, 0.5) is 15.5 Å². The van der Waals surface area contributed by atoms with Gasteiger partial charge in [0, 0.05) is 48.8 Å². The van der Waals surface area contributed by atoms with Crippen LogP contribution < -0.4 is 14.5 Å². The molecule has 3 heterocycles. The van der Waals surface area contributed by atoms with Crippen LogP contribution in [0, 0.1) is 5.92 Å². The second-order valence-electron chi connectivity index (χ2n) is 13.2. The first-order valence-corrected chi connectivity index (χ1v) is 19.1. The molecule has 11 heteroatoms. The zero-order chi connectivity index (χ0) is 33.5. The molecule has 2 saturated heterocycles. The fourth-order valence-corrected chi connectivity index (χ4v) is 10.1. The molecule has 0 unspecified atom stereocenters. The molecule has 0 saturated carbocycles. The van der Waals surface area contributed by atoms with Crippen LogP contribution in [0.5, 0.6) is 5.75 Å². The maximum absolute atomic E-state index is 16.4. The SMILES string of the molecule is COc1ccc2c(c1)[C@]1(O[C@@H](CC(=O)N(CCO)Cc3ccccc3)[C@H]([Si](C)(C)F)[C@H]1C)C(=O)N2Cc1cccc(N2CCC2=O)c1. The molecule has 6 rings (SSSR count). The van der Waals surface area contributed by atoms with Crippen LogP contribution in [0.25, 0.3) is 0 Å². The number of hydrogen-bond donors (Lipinski definition) is 1. The highest BCUT2D eigenvalue weighted by atomic mass is 28.4. The minimum atomic E-state index is -3.52. The van der Waals surface area contributed by atoms with Crippen LogP contribution >= 0.6 is 0 Å². The molecule has 3 aliphatic rings. The minimum absolute atomic E-state index is 0.0648. The Balaban J connectivity index is 1.35. The van der Waals surface area contributed by atoms with Crippen molar-refractivity contribution in [1.29, 1.82) is 0 Å². The molecular weight excluding hydrogens is 617 g/mol. The molecule has 3 amide bonds. The Morgan fingerprint density at radius 2 is 1.83 bits per heavy atom. The standard InChI is InChI=1S/C36H42FN3O6Si/c1-24-34(47(3,4)37)31(21-33(43)38(17-18-41)22-25-9-6-5-7-10-25)46-36(24)29-20-28(45-2)13-14-30(29)40(35(36)44)23-26-11-8-12-27(19-26)39-16-15-32(39)42/h5-14,19-20,24,31,34,41H,15-18,21-23H2,1-4H3/t24-,31+,34-,36+/m1/s1. The monoisotopic (exact) mass is 659 g/mol. The van der Waals surface area contributed by atoms with E-state index < -0.39 is 31.6 Å². The number of benzene rings is 3. The van der Waals surface area contributed by atoms with Gasteiger partial charge in [0.15, 0.2) is 5.60 Å². The minimum Gasteiger partial charge on any atom is -0.497 e. The lowest BCUT2D eigenvalue weighted by molar-refractivity contribution is -0.150. The molecule has 3 aromatic carbocycles. The number of nitrogens with zero attached hydrogens (tertiary/aromatic N) is 3. The molecule has 0 aliphatic carbocycles. The number of fused-ring (bicyclic) bond motifs is 2. The molecule has 0 bridgehead atoms. The van der Waals surface area contributed by atoms with Gasteiger partial charge in [-0.15, -0.1) is 0 Å². The van der Waals surface area contributed by atoms with Crippen molar-refractivity contribution in [1.82, 2.24) is 4.90 Å². The number of β-lactam (4-membered cyclic amide) rings is 1. The Morgan fingerprint density at radius 3 is 2.47 bits per heavy atom. The van der Waals surface area contributed by atoms with E-state index in [1.165, 1.54) is 0 Å². The summed E-state index contributed by atoms with van der Waals surface area (Å²) in [6.07, 6.45) is -0.460. The zero-order valence-electron chi connectivity index (χ0n) is 27.3. The van der Waals surface area contributed by atoms with E-state index in [9.17, 15) is 19.5 Å². The van der Waals surface area contributed by atoms with Gasteiger partial charge in [-0.2, -0.15) is 0 Å². The molecule has 3 aromatic rings. The second-order valence-corrected chi connectivity index (χ2v) is 17.0. The van der Waals surface area contributed by atoms with Crippen molar-refractivity contribution in [2.24, 2.45) is 5.92 Å². The average molecular weight is 660 g/mol. The molecule has 9 nitrogen and oxygen atoms in total.